The van der Waals surface area contributed by atoms with Gasteiger partial charge in [0.05, 0.1) is 0 Å². The van der Waals surface area contributed by atoms with E-state index < -0.39 is 22.9 Å². The molecule has 1 aromatic rings. The standard InChI is InChI=1S/C22H35NO4/c1-2-3-4-5-6-7-8-9-10-11-15-18-20(23(26)27)21(22(24)25)19-16-13-12-14-17-19/h12-14,16-17,20-21H,2-11,15,18H2,1H3,(H,24,25). The van der Waals surface area contributed by atoms with Crippen LogP contribution in [0.2, 0.25) is 0 Å². The van der Waals surface area contributed by atoms with Gasteiger partial charge in [-0.2, -0.15) is 0 Å². The number of aliphatic carboxylic acids is 1. The summed E-state index contributed by atoms with van der Waals surface area (Å²) in [7, 11) is 0. The van der Waals surface area contributed by atoms with Gasteiger partial charge in [-0.3, -0.25) is 14.9 Å². The van der Waals surface area contributed by atoms with Crippen LogP contribution in [-0.2, 0) is 4.79 Å². The van der Waals surface area contributed by atoms with Crippen LogP contribution in [0.4, 0.5) is 0 Å². The maximum atomic E-state index is 11.6. The van der Waals surface area contributed by atoms with Crippen molar-refractivity contribution in [2.45, 2.75) is 95.9 Å². The van der Waals surface area contributed by atoms with E-state index in [1.165, 1.54) is 44.9 Å². The summed E-state index contributed by atoms with van der Waals surface area (Å²) in [6, 6.07) is 7.50. The largest absolute Gasteiger partial charge is 0.481 e. The van der Waals surface area contributed by atoms with Gasteiger partial charge in [0.2, 0.25) is 6.04 Å². The molecule has 5 heteroatoms. The lowest BCUT2D eigenvalue weighted by atomic mass is 9.88. The van der Waals surface area contributed by atoms with Crippen molar-refractivity contribution >= 4 is 5.97 Å². The highest BCUT2D eigenvalue weighted by Crippen LogP contribution is 2.26. The molecular formula is C22H35NO4. The molecule has 0 saturated carbocycles. The first-order valence-corrected chi connectivity index (χ1v) is 10.5. The third kappa shape index (κ3) is 9.55. The molecule has 0 spiro atoms. The van der Waals surface area contributed by atoms with Crippen LogP contribution in [0.5, 0.6) is 0 Å². The smallest absolute Gasteiger partial charge is 0.318 e. The maximum absolute atomic E-state index is 11.6. The Bertz CT molecular complexity index is 532. The van der Waals surface area contributed by atoms with Crippen LogP contribution in [0.3, 0.4) is 0 Å². The van der Waals surface area contributed by atoms with Crippen molar-refractivity contribution in [1.82, 2.24) is 0 Å². The Balaban J connectivity index is 2.31. The number of rotatable bonds is 16. The summed E-state index contributed by atoms with van der Waals surface area (Å²) in [5.74, 6) is -2.20. The molecular weight excluding hydrogens is 342 g/mol. The van der Waals surface area contributed by atoms with Crippen molar-refractivity contribution in [3.8, 4) is 0 Å². The molecule has 0 amide bonds. The van der Waals surface area contributed by atoms with Gasteiger partial charge >= 0.3 is 5.97 Å². The molecule has 0 heterocycles. The van der Waals surface area contributed by atoms with E-state index in [1.54, 1.807) is 30.3 Å². The monoisotopic (exact) mass is 377 g/mol. The minimum atomic E-state index is -1.12. The Morgan fingerprint density at radius 1 is 0.926 bits per heavy atom. The lowest BCUT2D eigenvalue weighted by Gasteiger charge is -2.17. The number of nitrogens with zero attached hydrogens (tertiary/aromatic N) is 1. The minimum absolute atomic E-state index is 0.315. The number of carbonyl (C=O) groups is 1. The highest BCUT2D eigenvalue weighted by Gasteiger charge is 2.37. The number of benzene rings is 1. The second kappa shape index (κ2) is 14.2. The van der Waals surface area contributed by atoms with Gasteiger partial charge in [0.1, 0.15) is 5.92 Å². The Hall–Kier alpha value is -1.91. The van der Waals surface area contributed by atoms with Crippen molar-refractivity contribution in [3.05, 3.63) is 46.0 Å². The molecule has 0 radical (unpaired) electrons. The predicted octanol–water partition coefficient (Wildman–Crippen LogP) is 6.20. The molecule has 0 saturated heterocycles. The van der Waals surface area contributed by atoms with Crippen LogP contribution < -0.4 is 0 Å². The normalized spacial score (nSPS) is 13.2. The first-order valence-electron chi connectivity index (χ1n) is 10.5. The summed E-state index contributed by atoms with van der Waals surface area (Å²) in [6.45, 7) is 2.22. The fraction of sp³-hybridized carbons (Fsp3) is 0.682. The fourth-order valence-electron chi connectivity index (χ4n) is 3.60. The van der Waals surface area contributed by atoms with Crippen LogP contribution in [0.25, 0.3) is 0 Å². The molecule has 2 atom stereocenters. The predicted molar refractivity (Wildman–Crippen MR) is 109 cm³/mol. The molecule has 0 aromatic heterocycles. The fourth-order valence-corrected chi connectivity index (χ4v) is 3.60. The van der Waals surface area contributed by atoms with Crippen molar-refractivity contribution < 1.29 is 14.8 Å². The molecule has 1 rings (SSSR count). The van der Waals surface area contributed by atoms with Gasteiger partial charge in [0.25, 0.3) is 0 Å². The van der Waals surface area contributed by atoms with Crippen LogP contribution in [0.1, 0.15) is 95.5 Å². The summed E-state index contributed by atoms with van der Waals surface area (Å²) in [6.07, 6.45) is 13.3. The van der Waals surface area contributed by atoms with Gasteiger partial charge in [-0.1, -0.05) is 101 Å². The third-order valence-electron chi connectivity index (χ3n) is 5.18. The molecule has 152 valence electrons. The molecule has 0 fully saturated rings. The van der Waals surface area contributed by atoms with Gasteiger partial charge in [-0.05, 0) is 12.0 Å². The van der Waals surface area contributed by atoms with Crippen LogP contribution in [0, 0.1) is 10.1 Å². The van der Waals surface area contributed by atoms with E-state index in [0.717, 1.165) is 19.3 Å². The Kier molecular flexibility index (Phi) is 12.2. The van der Waals surface area contributed by atoms with Crippen molar-refractivity contribution in [3.63, 3.8) is 0 Å². The van der Waals surface area contributed by atoms with E-state index in [0.29, 0.717) is 18.4 Å². The summed E-state index contributed by atoms with van der Waals surface area (Å²) in [4.78, 5) is 22.7. The second-order valence-electron chi connectivity index (χ2n) is 7.40. The van der Waals surface area contributed by atoms with E-state index >= 15 is 0 Å². The topological polar surface area (TPSA) is 80.4 Å². The van der Waals surface area contributed by atoms with Gasteiger partial charge in [0.15, 0.2) is 0 Å². The molecule has 2 unspecified atom stereocenters. The van der Waals surface area contributed by atoms with Gasteiger partial charge in [0, 0.05) is 11.3 Å². The van der Waals surface area contributed by atoms with Crippen LogP contribution in [0.15, 0.2) is 30.3 Å². The quantitative estimate of drug-likeness (QED) is 0.211. The highest BCUT2D eigenvalue weighted by atomic mass is 16.6. The summed E-state index contributed by atoms with van der Waals surface area (Å²) in [5.41, 5.74) is 0.509. The number of nitro groups is 1. The molecule has 0 bridgehead atoms. The van der Waals surface area contributed by atoms with Gasteiger partial charge in [-0.15, -0.1) is 0 Å². The zero-order valence-electron chi connectivity index (χ0n) is 16.6. The van der Waals surface area contributed by atoms with E-state index in [1.807, 2.05) is 0 Å². The molecule has 5 nitrogen and oxygen atoms in total. The number of carboxylic acid groups (broad SMARTS) is 1. The molecule has 0 aliphatic heterocycles. The number of unbranched alkanes of at least 4 members (excludes halogenated alkanes) is 10. The van der Waals surface area contributed by atoms with E-state index in [2.05, 4.69) is 6.92 Å². The Morgan fingerprint density at radius 2 is 1.41 bits per heavy atom. The van der Waals surface area contributed by atoms with Crippen molar-refractivity contribution in [2.24, 2.45) is 0 Å². The molecule has 1 aromatic carbocycles. The SMILES string of the molecule is CCCCCCCCCCCCCC(C(C(=O)O)c1ccccc1)[N+](=O)[O-]. The van der Waals surface area contributed by atoms with E-state index in [9.17, 15) is 20.0 Å². The van der Waals surface area contributed by atoms with Crippen molar-refractivity contribution in [2.75, 3.05) is 0 Å². The molecule has 0 aliphatic rings. The zero-order chi connectivity index (χ0) is 19.9. The lowest BCUT2D eigenvalue weighted by molar-refractivity contribution is -0.526. The Morgan fingerprint density at radius 3 is 1.85 bits per heavy atom. The van der Waals surface area contributed by atoms with Gasteiger partial charge in [-0.25, -0.2) is 0 Å². The van der Waals surface area contributed by atoms with E-state index in [4.69, 9.17) is 0 Å². The van der Waals surface area contributed by atoms with Crippen LogP contribution >= 0.6 is 0 Å². The summed E-state index contributed by atoms with van der Waals surface area (Å²) >= 11 is 0. The molecule has 1 N–H and O–H groups in total. The van der Waals surface area contributed by atoms with Crippen molar-refractivity contribution in [1.29, 1.82) is 0 Å². The molecule has 0 aliphatic carbocycles. The average Bonchev–Trinajstić information content (AvgIpc) is 2.65. The first-order chi connectivity index (χ1) is 13.1. The molecule has 27 heavy (non-hydrogen) atoms. The second-order valence-corrected chi connectivity index (χ2v) is 7.40. The first kappa shape index (κ1) is 23.1. The number of carboxylic acids is 1. The Labute approximate surface area is 163 Å². The summed E-state index contributed by atoms with van der Waals surface area (Å²) in [5, 5.41) is 21.0. The zero-order valence-corrected chi connectivity index (χ0v) is 16.6. The highest BCUT2D eigenvalue weighted by molar-refractivity contribution is 5.76. The maximum Gasteiger partial charge on any atom is 0.318 e. The summed E-state index contributed by atoms with van der Waals surface area (Å²) < 4.78 is 0. The number of hydrogen-bond donors (Lipinski definition) is 1. The minimum Gasteiger partial charge on any atom is -0.481 e. The average molecular weight is 378 g/mol. The van der Waals surface area contributed by atoms with Crippen LogP contribution in [-0.4, -0.2) is 22.0 Å². The third-order valence-corrected chi connectivity index (χ3v) is 5.18. The number of hydrogen-bond acceptors (Lipinski definition) is 3. The van der Waals surface area contributed by atoms with E-state index in [-0.39, 0.29) is 0 Å². The van der Waals surface area contributed by atoms with Gasteiger partial charge < -0.3 is 5.11 Å². The lowest BCUT2D eigenvalue weighted by Crippen LogP contribution is -2.32.